The van der Waals surface area contributed by atoms with Gasteiger partial charge in [-0.2, -0.15) is 0 Å². The van der Waals surface area contributed by atoms with Gasteiger partial charge in [-0.05, 0) is 19.8 Å². The smallest absolute Gasteiger partial charge is 0.325 e. The van der Waals surface area contributed by atoms with E-state index in [9.17, 15) is 9.59 Å². The summed E-state index contributed by atoms with van der Waals surface area (Å²) in [5, 5.41) is 18.5. The summed E-state index contributed by atoms with van der Waals surface area (Å²) in [5.74, 6) is -1.42. The molecule has 0 bridgehead atoms. The van der Waals surface area contributed by atoms with Crippen molar-refractivity contribution in [1.82, 2.24) is 20.3 Å². The molecule has 2 N–H and O–H groups in total. The summed E-state index contributed by atoms with van der Waals surface area (Å²) in [6.45, 7) is 2.74. The monoisotopic (exact) mass is 268 g/mol. The highest BCUT2D eigenvalue weighted by atomic mass is 16.5. The Morgan fingerprint density at radius 1 is 1.63 bits per heavy atom. The van der Waals surface area contributed by atoms with E-state index in [1.165, 1.54) is 6.20 Å². The molecule has 0 aromatic carbocycles. The van der Waals surface area contributed by atoms with E-state index in [0.29, 0.717) is 13.2 Å². The fraction of sp³-hybridized carbons (Fsp3) is 0.636. The van der Waals surface area contributed by atoms with Crippen molar-refractivity contribution in [2.24, 2.45) is 0 Å². The van der Waals surface area contributed by atoms with Gasteiger partial charge in [-0.25, -0.2) is 4.68 Å². The average Bonchev–Trinajstić information content (AvgIpc) is 2.95. The third-order valence-electron chi connectivity index (χ3n) is 2.99. The second kappa shape index (κ2) is 5.35. The molecule has 2 heterocycles. The minimum absolute atomic E-state index is 0.0999. The van der Waals surface area contributed by atoms with Crippen LogP contribution in [-0.2, 0) is 16.1 Å². The molecule has 0 aliphatic carbocycles. The molecule has 1 aliphatic heterocycles. The third-order valence-corrected chi connectivity index (χ3v) is 2.99. The Labute approximate surface area is 109 Å². The van der Waals surface area contributed by atoms with Gasteiger partial charge in [-0.1, -0.05) is 5.21 Å². The van der Waals surface area contributed by atoms with Gasteiger partial charge in [0.05, 0.1) is 11.8 Å². The minimum Gasteiger partial charge on any atom is -0.480 e. The first-order chi connectivity index (χ1) is 8.98. The first kappa shape index (κ1) is 13.5. The van der Waals surface area contributed by atoms with Crippen molar-refractivity contribution >= 4 is 11.9 Å². The summed E-state index contributed by atoms with van der Waals surface area (Å²) in [6.07, 6.45) is 3.20. The van der Waals surface area contributed by atoms with Crippen LogP contribution in [0.4, 0.5) is 0 Å². The van der Waals surface area contributed by atoms with E-state index in [2.05, 4.69) is 15.6 Å². The number of amides is 1. The number of carboxylic acids is 1. The molecule has 0 spiro atoms. The number of hydrogen-bond acceptors (Lipinski definition) is 5. The number of hydrogen-bond donors (Lipinski definition) is 2. The Balaban J connectivity index is 1.89. The van der Waals surface area contributed by atoms with Gasteiger partial charge in [0.2, 0.25) is 0 Å². The molecule has 0 saturated carbocycles. The number of aliphatic carboxylic acids is 1. The van der Waals surface area contributed by atoms with Crippen LogP contribution < -0.4 is 5.32 Å². The number of ether oxygens (including phenoxy) is 1. The normalized spacial score (nSPS) is 22.4. The number of rotatable bonds is 5. The number of carbonyl (C=O) groups excluding carboxylic acids is 1. The molecule has 0 radical (unpaired) electrons. The zero-order valence-electron chi connectivity index (χ0n) is 10.6. The fourth-order valence-corrected chi connectivity index (χ4v) is 1.95. The van der Waals surface area contributed by atoms with E-state index >= 15 is 0 Å². The van der Waals surface area contributed by atoms with Gasteiger partial charge in [0.1, 0.15) is 6.54 Å². The van der Waals surface area contributed by atoms with Crippen LogP contribution in [0.2, 0.25) is 0 Å². The summed E-state index contributed by atoms with van der Waals surface area (Å²) < 4.78 is 6.65. The molecule has 1 amide bonds. The molecule has 1 atom stereocenters. The van der Waals surface area contributed by atoms with Gasteiger partial charge in [-0.3, -0.25) is 9.59 Å². The highest BCUT2D eigenvalue weighted by Crippen LogP contribution is 2.23. The summed E-state index contributed by atoms with van der Waals surface area (Å²) >= 11 is 0. The average molecular weight is 268 g/mol. The van der Waals surface area contributed by atoms with Gasteiger partial charge in [0, 0.05) is 13.2 Å². The summed E-state index contributed by atoms with van der Waals surface area (Å²) in [7, 11) is 0. The van der Waals surface area contributed by atoms with Gasteiger partial charge in [0.15, 0.2) is 5.69 Å². The van der Waals surface area contributed by atoms with Crippen molar-refractivity contribution in [2.75, 3.05) is 13.2 Å². The fourth-order valence-electron chi connectivity index (χ4n) is 1.95. The Kier molecular flexibility index (Phi) is 3.79. The van der Waals surface area contributed by atoms with Crippen LogP contribution in [0.15, 0.2) is 6.20 Å². The van der Waals surface area contributed by atoms with Gasteiger partial charge in [-0.15, -0.1) is 5.10 Å². The van der Waals surface area contributed by atoms with Crippen LogP contribution in [0, 0.1) is 0 Å². The van der Waals surface area contributed by atoms with Gasteiger partial charge in [0.25, 0.3) is 5.91 Å². The van der Waals surface area contributed by atoms with Crippen molar-refractivity contribution < 1.29 is 19.4 Å². The van der Waals surface area contributed by atoms with E-state index < -0.39 is 5.97 Å². The van der Waals surface area contributed by atoms with E-state index in [4.69, 9.17) is 9.84 Å². The lowest BCUT2D eigenvalue weighted by molar-refractivity contribution is -0.137. The maximum Gasteiger partial charge on any atom is 0.325 e. The highest BCUT2D eigenvalue weighted by molar-refractivity contribution is 5.91. The SMILES string of the molecule is CC1(CNC(=O)c2cn(CC(=O)O)nn2)CCCO1. The van der Waals surface area contributed by atoms with E-state index in [1.807, 2.05) is 6.92 Å². The third kappa shape index (κ3) is 3.50. The summed E-state index contributed by atoms with van der Waals surface area (Å²) in [4.78, 5) is 22.3. The van der Waals surface area contributed by atoms with E-state index in [-0.39, 0.29) is 23.7 Å². The van der Waals surface area contributed by atoms with Crippen LogP contribution in [0.5, 0.6) is 0 Å². The number of aromatic nitrogens is 3. The maximum absolute atomic E-state index is 11.8. The lowest BCUT2D eigenvalue weighted by atomic mass is 10.0. The Bertz CT molecular complexity index is 479. The van der Waals surface area contributed by atoms with Crippen LogP contribution >= 0.6 is 0 Å². The molecule has 8 heteroatoms. The first-order valence-corrected chi connectivity index (χ1v) is 6.03. The molecule has 1 fully saturated rings. The number of carbonyl (C=O) groups is 2. The lowest BCUT2D eigenvalue weighted by Crippen LogP contribution is -2.40. The van der Waals surface area contributed by atoms with E-state index in [1.54, 1.807) is 0 Å². The molecule has 1 aromatic heterocycles. The van der Waals surface area contributed by atoms with Crippen molar-refractivity contribution in [2.45, 2.75) is 31.9 Å². The first-order valence-electron chi connectivity index (χ1n) is 6.03. The summed E-state index contributed by atoms with van der Waals surface area (Å²) in [6, 6.07) is 0. The second-order valence-electron chi connectivity index (χ2n) is 4.78. The highest BCUT2D eigenvalue weighted by Gasteiger charge is 2.30. The summed E-state index contributed by atoms with van der Waals surface area (Å²) in [5.41, 5.74) is -0.227. The molecule has 19 heavy (non-hydrogen) atoms. The van der Waals surface area contributed by atoms with Gasteiger partial charge >= 0.3 is 5.97 Å². The van der Waals surface area contributed by atoms with E-state index in [0.717, 1.165) is 17.5 Å². The molecule has 8 nitrogen and oxygen atoms in total. The molecular formula is C11H16N4O4. The Morgan fingerprint density at radius 2 is 2.42 bits per heavy atom. The molecular weight excluding hydrogens is 252 g/mol. The number of nitrogens with one attached hydrogen (secondary N) is 1. The molecule has 1 saturated heterocycles. The Hall–Kier alpha value is -1.96. The molecule has 1 unspecified atom stereocenters. The largest absolute Gasteiger partial charge is 0.480 e. The molecule has 1 aliphatic rings. The van der Waals surface area contributed by atoms with Gasteiger partial charge < -0.3 is 15.2 Å². The second-order valence-corrected chi connectivity index (χ2v) is 4.78. The molecule has 104 valence electrons. The zero-order valence-corrected chi connectivity index (χ0v) is 10.6. The lowest BCUT2D eigenvalue weighted by Gasteiger charge is -2.22. The topological polar surface area (TPSA) is 106 Å². The van der Waals surface area contributed by atoms with Crippen molar-refractivity contribution in [3.8, 4) is 0 Å². The predicted octanol–water partition coefficient (Wildman–Crippen LogP) is -0.338. The quantitative estimate of drug-likeness (QED) is 0.756. The Morgan fingerprint density at radius 3 is 3.05 bits per heavy atom. The minimum atomic E-state index is -1.04. The van der Waals surface area contributed by atoms with Crippen LogP contribution in [0.25, 0.3) is 0 Å². The maximum atomic E-state index is 11.8. The number of nitrogens with zero attached hydrogens (tertiary/aromatic N) is 3. The van der Waals surface area contributed by atoms with Crippen molar-refractivity contribution in [3.05, 3.63) is 11.9 Å². The predicted molar refractivity (Wildman–Crippen MR) is 63.6 cm³/mol. The van der Waals surface area contributed by atoms with Crippen LogP contribution in [0.1, 0.15) is 30.3 Å². The standard InChI is InChI=1S/C11H16N4O4/c1-11(3-2-4-19-11)7-12-10(18)8-5-15(14-13-8)6-9(16)17/h5H,2-4,6-7H2,1H3,(H,12,18)(H,16,17). The zero-order chi connectivity index (χ0) is 13.9. The van der Waals surface area contributed by atoms with Crippen molar-refractivity contribution in [3.63, 3.8) is 0 Å². The van der Waals surface area contributed by atoms with Crippen molar-refractivity contribution in [1.29, 1.82) is 0 Å². The van der Waals surface area contributed by atoms with Crippen LogP contribution in [-0.4, -0.2) is 50.7 Å². The number of carboxylic acid groups (broad SMARTS) is 1. The molecule has 1 aromatic rings. The van der Waals surface area contributed by atoms with Crippen LogP contribution in [0.3, 0.4) is 0 Å². The molecule has 2 rings (SSSR count).